The van der Waals surface area contributed by atoms with Gasteiger partial charge in [0, 0.05) is 22.6 Å². The largest absolute Gasteiger partial charge is 0.497 e. The van der Waals surface area contributed by atoms with Crippen molar-refractivity contribution in [1.29, 1.82) is 0 Å². The lowest BCUT2D eigenvalue weighted by Gasteiger charge is -2.32. The highest BCUT2D eigenvalue weighted by molar-refractivity contribution is 9.10. The Morgan fingerprint density at radius 3 is 2.59 bits per heavy atom. The predicted molar refractivity (Wildman–Crippen MR) is 91.5 cm³/mol. The van der Waals surface area contributed by atoms with Crippen LogP contribution in [0.5, 0.6) is 5.75 Å². The molecule has 3 rings (SSSR count). The van der Waals surface area contributed by atoms with E-state index in [1.54, 1.807) is 31.4 Å². The Kier molecular flexibility index (Phi) is 4.21. The van der Waals surface area contributed by atoms with E-state index in [1.807, 2.05) is 6.07 Å². The molecule has 0 atom stereocenters. The third kappa shape index (κ3) is 2.53. The van der Waals surface area contributed by atoms with Gasteiger partial charge in [-0.1, -0.05) is 45.2 Å². The van der Waals surface area contributed by atoms with Gasteiger partial charge in [0.25, 0.3) is 0 Å². The Bertz CT molecular complexity index is 747. The van der Waals surface area contributed by atoms with E-state index in [1.165, 1.54) is 4.90 Å². The van der Waals surface area contributed by atoms with Gasteiger partial charge in [-0.05, 0) is 18.2 Å². The number of carbonyl (C=O) groups excluding carboxylic acids is 1. The normalized spacial score (nSPS) is 13.6. The van der Waals surface area contributed by atoms with Gasteiger partial charge in [0.15, 0.2) is 0 Å². The van der Waals surface area contributed by atoms with Crippen LogP contribution >= 0.6 is 39.1 Å². The van der Waals surface area contributed by atoms with E-state index in [2.05, 4.69) is 21.2 Å². The van der Waals surface area contributed by atoms with Crippen molar-refractivity contribution in [3.05, 3.63) is 50.4 Å². The zero-order valence-electron chi connectivity index (χ0n) is 11.5. The lowest BCUT2D eigenvalue weighted by Crippen LogP contribution is -2.41. The van der Waals surface area contributed by atoms with Crippen molar-refractivity contribution in [3.63, 3.8) is 0 Å². The number of carbonyl (C=O) groups is 1. The maximum absolute atomic E-state index is 12.4. The molecule has 0 fully saturated rings. The number of ether oxygens (including phenoxy) is 1. The maximum atomic E-state index is 12.4. The second-order valence-electron chi connectivity index (χ2n) is 4.67. The first-order valence-corrected chi connectivity index (χ1v) is 7.96. The van der Waals surface area contributed by atoms with Crippen LogP contribution in [0.3, 0.4) is 0 Å². The lowest BCUT2D eigenvalue weighted by atomic mass is 10.1. The van der Waals surface area contributed by atoms with Crippen LogP contribution in [0.4, 0.5) is 16.2 Å². The van der Waals surface area contributed by atoms with Gasteiger partial charge in [-0.2, -0.15) is 0 Å². The fourth-order valence-corrected chi connectivity index (χ4v) is 3.50. The molecule has 2 amide bonds. The van der Waals surface area contributed by atoms with Gasteiger partial charge in [0.05, 0.1) is 28.5 Å². The van der Waals surface area contributed by atoms with Crippen molar-refractivity contribution < 1.29 is 9.53 Å². The SMILES string of the molecule is COc1cc(Br)c2c(c1)N(c1c(Cl)cccc1Cl)C(=O)NC2. The molecule has 0 bridgehead atoms. The zero-order chi connectivity index (χ0) is 15.9. The second-order valence-corrected chi connectivity index (χ2v) is 6.34. The number of fused-ring (bicyclic) bond motifs is 1. The topological polar surface area (TPSA) is 41.6 Å². The molecule has 0 saturated carbocycles. The smallest absolute Gasteiger partial charge is 0.326 e. The number of anilines is 2. The molecule has 1 aliphatic heterocycles. The van der Waals surface area contributed by atoms with E-state index < -0.39 is 0 Å². The molecule has 1 aliphatic rings. The first-order chi connectivity index (χ1) is 10.5. The molecular formula is C15H11BrCl2N2O2. The Balaban J connectivity index is 2.26. The molecule has 1 heterocycles. The third-order valence-corrected chi connectivity index (χ3v) is 4.72. The van der Waals surface area contributed by atoms with E-state index in [0.717, 1.165) is 10.0 Å². The number of benzene rings is 2. The average molecular weight is 402 g/mol. The minimum absolute atomic E-state index is 0.289. The maximum Gasteiger partial charge on any atom is 0.326 e. The van der Waals surface area contributed by atoms with E-state index >= 15 is 0 Å². The lowest BCUT2D eigenvalue weighted by molar-refractivity contribution is 0.247. The highest BCUT2D eigenvalue weighted by Gasteiger charge is 2.30. The average Bonchev–Trinajstić information content (AvgIpc) is 2.48. The predicted octanol–water partition coefficient (Wildman–Crippen LogP) is 5.13. The fraction of sp³-hybridized carbons (Fsp3) is 0.133. The summed E-state index contributed by atoms with van der Waals surface area (Å²) in [4.78, 5) is 13.9. The Labute approximate surface area is 146 Å². The number of para-hydroxylation sites is 1. The van der Waals surface area contributed by atoms with Crippen LogP contribution in [0.25, 0.3) is 0 Å². The van der Waals surface area contributed by atoms with Gasteiger partial charge in [0.2, 0.25) is 0 Å². The van der Waals surface area contributed by atoms with Gasteiger partial charge in [-0.3, -0.25) is 4.90 Å². The molecule has 2 aromatic carbocycles. The number of amides is 2. The van der Waals surface area contributed by atoms with Gasteiger partial charge >= 0.3 is 6.03 Å². The van der Waals surface area contributed by atoms with Crippen molar-refractivity contribution in [2.45, 2.75) is 6.54 Å². The van der Waals surface area contributed by atoms with Gasteiger partial charge < -0.3 is 10.1 Å². The van der Waals surface area contributed by atoms with Crippen LogP contribution in [0.1, 0.15) is 5.56 Å². The highest BCUT2D eigenvalue weighted by Crippen LogP contribution is 2.43. The number of halogens is 3. The zero-order valence-corrected chi connectivity index (χ0v) is 14.6. The number of nitrogens with one attached hydrogen (secondary N) is 1. The molecule has 1 N–H and O–H groups in total. The molecule has 7 heteroatoms. The molecule has 0 aliphatic carbocycles. The van der Waals surface area contributed by atoms with Crippen molar-refractivity contribution >= 4 is 56.5 Å². The van der Waals surface area contributed by atoms with Crippen LogP contribution in [-0.2, 0) is 6.54 Å². The summed E-state index contributed by atoms with van der Waals surface area (Å²) < 4.78 is 6.13. The third-order valence-electron chi connectivity index (χ3n) is 3.40. The van der Waals surface area contributed by atoms with Crippen molar-refractivity contribution in [2.75, 3.05) is 12.0 Å². The van der Waals surface area contributed by atoms with Crippen molar-refractivity contribution in [1.82, 2.24) is 5.32 Å². The fourth-order valence-electron chi connectivity index (χ4n) is 2.37. The summed E-state index contributed by atoms with van der Waals surface area (Å²) in [6.07, 6.45) is 0. The molecule has 4 nitrogen and oxygen atoms in total. The second kappa shape index (κ2) is 5.99. The van der Waals surface area contributed by atoms with Gasteiger partial charge in [-0.15, -0.1) is 0 Å². The minimum Gasteiger partial charge on any atom is -0.497 e. The van der Waals surface area contributed by atoms with Crippen LogP contribution in [0.2, 0.25) is 10.0 Å². The van der Waals surface area contributed by atoms with Crippen LogP contribution < -0.4 is 15.0 Å². The van der Waals surface area contributed by atoms with E-state index in [4.69, 9.17) is 27.9 Å². The molecule has 2 aromatic rings. The van der Waals surface area contributed by atoms with Crippen LogP contribution in [-0.4, -0.2) is 13.1 Å². The minimum atomic E-state index is -0.289. The molecule has 0 radical (unpaired) electrons. The van der Waals surface area contributed by atoms with Gasteiger partial charge in [-0.25, -0.2) is 4.79 Å². The summed E-state index contributed by atoms with van der Waals surface area (Å²) in [6.45, 7) is 0.414. The first kappa shape index (κ1) is 15.5. The van der Waals surface area contributed by atoms with E-state index in [0.29, 0.717) is 33.7 Å². The van der Waals surface area contributed by atoms with Gasteiger partial charge in [0.1, 0.15) is 5.75 Å². The summed E-state index contributed by atoms with van der Waals surface area (Å²) in [7, 11) is 1.57. The number of urea groups is 1. The molecule has 0 aromatic heterocycles. The number of methoxy groups -OCH3 is 1. The van der Waals surface area contributed by atoms with E-state index in [-0.39, 0.29) is 6.03 Å². The molecular weight excluding hydrogens is 391 g/mol. The highest BCUT2D eigenvalue weighted by atomic mass is 79.9. The molecule has 0 unspecified atom stereocenters. The molecule has 22 heavy (non-hydrogen) atoms. The summed E-state index contributed by atoms with van der Waals surface area (Å²) in [5.41, 5.74) is 2.06. The summed E-state index contributed by atoms with van der Waals surface area (Å²) in [5, 5.41) is 3.61. The van der Waals surface area contributed by atoms with Crippen molar-refractivity contribution in [2.24, 2.45) is 0 Å². The Morgan fingerprint density at radius 1 is 1.27 bits per heavy atom. The molecule has 114 valence electrons. The Morgan fingerprint density at radius 2 is 1.95 bits per heavy atom. The summed E-state index contributed by atoms with van der Waals surface area (Å²) >= 11 is 16.0. The monoisotopic (exact) mass is 400 g/mol. The Hall–Kier alpha value is -1.43. The number of rotatable bonds is 2. The number of hydrogen-bond acceptors (Lipinski definition) is 2. The van der Waals surface area contributed by atoms with Crippen LogP contribution in [0.15, 0.2) is 34.8 Å². The van der Waals surface area contributed by atoms with Crippen LogP contribution in [0, 0.1) is 0 Å². The summed E-state index contributed by atoms with van der Waals surface area (Å²) in [6, 6.07) is 8.47. The molecule has 0 spiro atoms. The number of nitrogens with zero attached hydrogens (tertiary/aromatic N) is 1. The van der Waals surface area contributed by atoms with E-state index in [9.17, 15) is 4.79 Å². The first-order valence-electron chi connectivity index (χ1n) is 6.41. The standard InChI is InChI=1S/C15H11BrCl2N2O2/c1-22-8-5-10(16)9-7-19-15(21)20(13(9)6-8)14-11(17)3-2-4-12(14)18/h2-6H,7H2,1H3,(H,19,21). The molecule has 0 saturated heterocycles. The quantitative estimate of drug-likeness (QED) is 0.758. The number of hydrogen-bond donors (Lipinski definition) is 1. The van der Waals surface area contributed by atoms with Crippen molar-refractivity contribution in [3.8, 4) is 5.75 Å². The summed E-state index contributed by atoms with van der Waals surface area (Å²) in [5.74, 6) is 0.633.